The minimum absolute atomic E-state index is 0.0198. The number of carboxylic acids is 1. The van der Waals surface area contributed by atoms with Crippen LogP contribution >= 0.6 is 0 Å². The van der Waals surface area contributed by atoms with Crippen molar-refractivity contribution >= 4 is 17.4 Å². The van der Waals surface area contributed by atoms with E-state index in [4.69, 9.17) is 0 Å². The Bertz CT molecular complexity index is 1680. The van der Waals surface area contributed by atoms with E-state index < -0.39 is 23.5 Å². The van der Waals surface area contributed by atoms with Crippen molar-refractivity contribution in [3.63, 3.8) is 0 Å². The van der Waals surface area contributed by atoms with Crippen LogP contribution in [0.25, 0.3) is 16.8 Å². The van der Waals surface area contributed by atoms with E-state index in [0.29, 0.717) is 24.9 Å². The van der Waals surface area contributed by atoms with Crippen LogP contribution in [0.4, 0.5) is 8.78 Å². The second kappa shape index (κ2) is 8.73. The summed E-state index contributed by atoms with van der Waals surface area (Å²) in [4.78, 5) is 26.7. The number of fused-ring (bicyclic) bond motifs is 2. The molecule has 0 spiro atoms. The fraction of sp³-hybridized carbons (Fsp3) is 0.323. The minimum Gasteiger partial charge on any atom is -0.481 e. The molecular weight excluding hydrogens is 500 g/mol. The summed E-state index contributed by atoms with van der Waals surface area (Å²) >= 11 is 0. The van der Waals surface area contributed by atoms with Crippen LogP contribution in [0.15, 0.2) is 54.6 Å². The van der Waals surface area contributed by atoms with Crippen molar-refractivity contribution < 1.29 is 23.5 Å². The first-order valence-electron chi connectivity index (χ1n) is 13.5. The van der Waals surface area contributed by atoms with Crippen molar-refractivity contribution in [1.29, 1.82) is 0 Å². The summed E-state index contributed by atoms with van der Waals surface area (Å²) in [7, 11) is 0. The molecule has 1 aliphatic heterocycles. The molecule has 3 atom stereocenters. The summed E-state index contributed by atoms with van der Waals surface area (Å²) in [6.07, 6.45) is 3.06. The van der Waals surface area contributed by atoms with Gasteiger partial charge in [0.2, 0.25) is 0 Å². The Morgan fingerprint density at radius 2 is 1.85 bits per heavy atom. The lowest BCUT2D eigenvalue weighted by atomic mass is 9.93. The van der Waals surface area contributed by atoms with Crippen LogP contribution in [0.3, 0.4) is 0 Å². The Balaban J connectivity index is 1.27. The molecule has 2 unspecified atom stereocenters. The summed E-state index contributed by atoms with van der Waals surface area (Å²) < 4.78 is 32.8. The maximum atomic E-state index is 16.0. The molecule has 2 saturated carbocycles. The molecule has 198 valence electrons. The molecule has 2 aromatic heterocycles. The standard InChI is InChI=1S/C31H27F2N3O3/c1-16-20-5-3-2-4-17(20)10-11-35(16)30(37)24-14-27(18-6-7-18)36-28(29(24)33)15-26(34-36)21-9-8-19(12-25(21)32)22-13-23(22)31(38)39/h2-5,8-9,12,14-16,18,22-23H,6-7,10-11,13H2,1H3,(H,38,39)/t16-,22?,23?/m1/s1. The summed E-state index contributed by atoms with van der Waals surface area (Å²) in [5.41, 5.74) is 4.34. The molecule has 0 bridgehead atoms. The van der Waals surface area contributed by atoms with Gasteiger partial charge in [-0.2, -0.15) is 5.10 Å². The van der Waals surface area contributed by atoms with E-state index in [1.807, 2.05) is 25.1 Å². The molecule has 4 aromatic rings. The average Bonchev–Trinajstić information content (AvgIpc) is 3.86. The van der Waals surface area contributed by atoms with E-state index in [2.05, 4.69) is 11.2 Å². The predicted octanol–water partition coefficient (Wildman–Crippen LogP) is 6.10. The number of aromatic nitrogens is 2. The molecule has 2 fully saturated rings. The van der Waals surface area contributed by atoms with Crippen molar-refractivity contribution in [3.05, 3.63) is 94.2 Å². The second-order valence-corrected chi connectivity index (χ2v) is 11.0. The largest absolute Gasteiger partial charge is 0.481 e. The molecule has 1 N–H and O–H groups in total. The number of pyridine rings is 1. The van der Waals surface area contributed by atoms with Crippen molar-refractivity contribution in [2.75, 3.05) is 6.54 Å². The van der Waals surface area contributed by atoms with Gasteiger partial charge in [0.05, 0.1) is 23.2 Å². The first kappa shape index (κ1) is 24.0. The van der Waals surface area contributed by atoms with Crippen LogP contribution in [-0.2, 0) is 11.2 Å². The van der Waals surface area contributed by atoms with E-state index in [1.54, 1.807) is 23.1 Å². The van der Waals surface area contributed by atoms with E-state index >= 15 is 8.78 Å². The van der Waals surface area contributed by atoms with Crippen LogP contribution < -0.4 is 0 Å². The highest BCUT2D eigenvalue weighted by atomic mass is 19.1. The van der Waals surface area contributed by atoms with Crippen LogP contribution in [0.5, 0.6) is 0 Å². The molecule has 8 heteroatoms. The van der Waals surface area contributed by atoms with Gasteiger partial charge in [-0.15, -0.1) is 0 Å². The summed E-state index contributed by atoms with van der Waals surface area (Å²) in [5.74, 6) is -2.92. The van der Waals surface area contributed by atoms with Gasteiger partial charge in [-0.05, 0) is 79.5 Å². The highest BCUT2D eigenvalue weighted by molar-refractivity contribution is 5.96. The molecule has 1 amide bonds. The number of carbonyl (C=O) groups excluding carboxylic acids is 1. The van der Waals surface area contributed by atoms with Gasteiger partial charge in [0.25, 0.3) is 5.91 Å². The number of carbonyl (C=O) groups is 2. The topological polar surface area (TPSA) is 74.9 Å². The molecule has 0 radical (unpaired) electrons. The molecule has 0 saturated heterocycles. The number of hydrogen-bond donors (Lipinski definition) is 1. The third kappa shape index (κ3) is 3.92. The number of rotatable bonds is 5. The van der Waals surface area contributed by atoms with Gasteiger partial charge < -0.3 is 10.0 Å². The molecule has 2 aromatic carbocycles. The molecular formula is C31H27F2N3O3. The van der Waals surface area contributed by atoms with Gasteiger partial charge in [-0.3, -0.25) is 9.59 Å². The van der Waals surface area contributed by atoms with Crippen LogP contribution in [-0.4, -0.2) is 38.0 Å². The number of carboxylic acid groups (broad SMARTS) is 1. The van der Waals surface area contributed by atoms with Gasteiger partial charge in [-0.25, -0.2) is 13.3 Å². The Hall–Kier alpha value is -4.07. The first-order chi connectivity index (χ1) is 18.8. The number of aliphatic carboxylic acids is 1. The lowest BCUT2D eigenvalue weighted by Gasteiger charge is -2.35. The lowest BCUT2D eigenvalue weighted by Crippen LogP contribution is -2.39. The smallest absolute Gasteiger partial charge is 0.307 e. The Kier molecular flexibility index (Phi) is 5.37. The van der Waals surface area contributed by atoms with Crippen molar-refractivity contribution in [2.24, 2.45) is 5.92 Å². The van der Waals surface area contributed by atoms with Gasteiger partial charge in [0.1, 0.15) is 11.3 Å². The first-order valence-corrected chi connectivity index (χ1v) is 13.5. The molecule has 6 nitrogen and oxygen atoms in total. The number of hydrogen-bond acceptors (Lipinski definition) is 3. The van der Waals surface area contributed by atoms with Gasteiger partial charge >= 0.3 is 5.97 Å². The molecule has 39 heavy (non-hydrogen) atoms. The maximum absolute atomic E-state index is 16.0. The van der Waals surface area contributed by atoms with Crippen molar-refractivity contribution in [1.82, 2.24) is 14.5 Å². The van der Waals surface area contributed by atoms with Crippen LogP contribution in [0, 0.1) is 17.6 Å². The third-order valence-corrected chi connectivity index (χ3v) is 8.59. The highest BCUT2D eigenvalue weighted by Crippen LogP contribution is 2.48. The number of halogens is 2. The molecule has 7 rings (SSSR count). The van der Waals surface area contributed by atoms with Crippen molar-refractivity contribution in [2.45, 2.75) is 50.5 Å². The average molecular weight is 528 g/mol. The molecule has 3 heterocycles. The van der Waals surface area contributed by atoms with Crippen molar-refractivity contribution in [3.8, 4) is 11.3 Å². The van der Waals surface area contributed by atoms with Crippen LogP contribution in [0.1, 0.15) is 76.8 Å². The number of benzene rings is 2. The zero-order valence-electron chi connectivity index (χ0n) is 21.4. The van der Waals surface area contributed by atoms with Gasteiger partial charge in [0, 0.05) is 23.7 Å². The highest BCUT2D eigenvalue weighted by Gasteiger charge is 2.44. The predicted molar refractivity (Wildman–Crippen MR) is 141 cm³/mol. The second-order valence-electron chi connectivity index (χ2n) is 11.0. The fourth-order valence-electron chi connectivity index (χ4n) is 6.11. The zero-order valence-corrected chi connectivity index (χ0v) is 21.4. The third-order valence-electron chi connectivity index (χ3n) is 8.59. The van der Waals surface area contributed by atoms with Gasteiger partial charge in [0.15, 0.2) is 5.82 Å². The Morgan fingerprint density at radius 3 is 2.56 bits per heavy atom. The van der Waals surface area contributed by atoms with Crippen LogP contribution in [0.2, 0.25) is 0 Å². The Labute approximate surface area is 223 Å². The monoisotopic (exact) mass is 527 g/mol. The SMILES string of the molecule is C[C@@H]1c2ccccc2CCN1C(=O)c1cc(C2CC2)n2nc(-c3ccc(C4CC4C(=O)O)cc3F)cc2c1F. The lowest BCUT2D eigenvalue weighted by molar-refractivity contribution is -0.138. The fourth-order valence-corrected chi connectivity index (χ4v) is 6.11. The van der Waals surface area contributed by atoms with E-state index in [-0.39, 0.29) is 46.1 Å². The quantitative estimate of drug-likeness (QED) is 0.340. The van der Waals surface area contributed by atoms with E-state index in [0.717, 1.165) is 24.1 Å². The zero-order chi connectivity index (χ0) is 27.0. The summed E-state index contributed by atoms with van der Waals surface area (Å²) in [5, 5.41) is 13.8. The summed E-state index contributed by atoms with van der Waals surface area (Å²) in [6, 6.07) is 15.6. The normalized spacial score (nSPS) is 22.1. The van der Waals surface area contributed by atoms with Gasteiger partial charge in [-0.1, -0.05) is 30.3 Å². The molecule has 3 aliphatic rings. The molecule has 2 aliphatic carbocycles. The number of nitrogens with zero attached hydrogens (tertiary/aromatic N) is 3. The van der Waals surface area contributed by atoms with E-state index in [9.17, 15) is 14.7 Å². The summed E-state index contributed by atoms with van der Waals surface area (Å²) in [6.45, 7) is 2.48. The maximum Gasteiger partial charge on any atom is 0.307 e. The van der Waals surface area contributed by atoms with E-state index in [1.165, 1.54) is 22.2 Å². The minimum atomic E-state index is -0.874. The number of amides is 1. The Morgan fingerprint density at radius 1 is 1.05 bits per heavy atom.